The molecule has 3 aromatic rings. The SMILES string of the molecule is Cc1ccc2[nH]c(=S)n(-c3ccc(C)c(C)c3)c2c1. The van der Waals surface area contributed by atoms with Gasteiger partial charge in [0, 0.05) is 5.69 Å². The van der Waals surface area contributed by atoms with Crippen molar-refractivity contribution in [2.75, 3.05) is 0 Å². The first-order valence-electron chi connectivity index (χ1n) is 6.35. The zero-order chi connectivity index (χ0) is 13.6. The van der Waals surface area contributed by atoms with Crippen LogP contribution in [0, 0.1) is 25.5 Å². The van der Waals surface area contributed by atoms with E-state index in [0.29, 0.717) is 0 Å². The molecule has 0 radical (unpaired) electrons. The van der Waals surface area contributed by atoms with Crippen LogP contribution in [0.2, 0.25) is 0 Å². The predicted molar refractivity (Wildman–Crippen MR) is 82.7 cm³/mol. The minimum Gasteiger partial charge on any atom is -0.330 e. The summed E-state index contributed by atoms with van der Waals surface area (Å²) in [5.74, 6) is 0. The Labute approximate surface area is 117 Å². The highest BCUT2D eigenvalue weighted by Gasteiger charge is 2.07. The number of fused-ring (bicyclic) bond motifs is 1. The van der Waals surface area contributed by atoms with Gasteiger partial charge < -0.3 is 4.98 Å². The molecule has 2 nitrogen and oxygen atoms in total. The zero-order valence-corrected chi connectivity index (χ0v) is 12.1. The zero-order valence-electron chi connectivity index (χ0n) is 11.3. The quantitative estimate of drug-likeness (QED) is 0.639. The molecule has 0 aliphatic carbocycles. The molecular weight excluding hydrogens is 252 g/mol. The van der Waals surface area contributed by atoms with Crippen molar-refractivity contribution < 1.29 is 0 Å². The fourth-order valence-electron chi connectivity index (χ4n) is 2.33. The number of aromatic amines is 1. The summed E-state index contributed by atoms with van der Waals surface area (Å²) >= 11 is 5.46. The summed E-state index contributed by atoms with van der Waals surface area (Å²) in [5, 5.41) is 0. The van der Waals surface area contributed by atoms with Crippen molar-refractivity contribution in [3.8, 4) is 5.69 Å². The van der Waals surface area contributed by atoms with Crippen LogP contribution in [0.4, 0.5) is 0 Å². The van der Waals surface area contributed by atoms with Crippen molar-refractivity contribution in [1.82, 2.24) is 9.55 Å². The topological polar surface area (TPSA) is 20.7 Å². The Morgan fingerprint density at radius 3 is 2.47 bits per heavy atom. The molecule has 0 aliphatic rings. The molecule has 0 amide bonds. The lowest BCUT2D eigenvalue weighted by atomic mass is 10.1. The Hall–Kier alpha value is -1.87. The Bertz CT molecular complexity index is 824. The summed E-state index contributed by atoms with van der Waals surface area (Å²) < 4.78 is 2.84. The molecule has 0 unspecified atom stereocenters. The maximum Gasteiger partial charge on any atom is 0.182 e. The highest BCUT2D eigenvalue weighted by molar-refractivity contribution is 7.71. The van der Waals surface area contributed by atoms with E-state index in [4.69, 9.17) is 12.2 Å². The van der Waals surface area contributed by atoms with Crippen LogP contribution in [0.15, 0.2) is 36.4 Å². The lowest BCUT2D eigenvalue weighted by molar-refractivity contribution is 1.06. The van der Waals surface area contributed by atoms with E-state index in [9.17, 15) is 0 Å². The van der Waals surface area contributed by atoms with Crippen molar-refractivity contribution in [3.63, 3.8) is 0 Å². The molecular formula is C16H16N2S. The van der Waals surface area contributed by atoms with Crippen molar-refractivity contribution >= 4 is 23.3 Å². The molecule has 0 saturated carbocycles. The van der Waals surface area contributed by atoms with Crippen LogP contribution in [0.5, 0.6) is 0 Å². The average molecular weight is 268 g/mol. The summed E-state index contributed by atoms with van der Waals surface area (Å²) in [6.45, 7) is 6.35. The molecule has 0 atom stereocenters. The van der Waals surface area contributed by atoms with Crippen LogP contribution in [0.25, 0.3) is 16.7 Å². The Kier molecular flexibility index (Phi) is 2.79. The fraction of sp³-hybridized carbons (Fsp3) is 0.188. The minimum absolute atomic E-state index is 0.740. The Morgan fingerprint density at radius 1 is 0.947 bits per heavy atom. The molecule has 0 saturated heterocycles. The summed E-state index contributed by atoms with van der Waals surface area (Å²) in [7, 11) is 0. The van der Waals surface area contributed by atoms with Gasteiger partial charge in [0.05, 0.1) is 11.0 Å². The monoisotopic (exact) mass is 268 g/mol. The first-order valence-corrected chi connectivity index (χ1v) is 6.76. The number of hydrogen-bond donors (Lipinski definition) is 1. The highest BCUT2D eigenvalue weighted by atomic mass is 32.1. The van der Waals surface area contributed by atoms with Gasteiger partial charge in [-0.25, -0.2) is 0 Å². The van der Waals surface area contributed by atoms with E-state index in [1.165, 1.54) is 16.7 Å². The van der Waals surface area contributed by atoms with Crippen LogP contribution < -0.4 is 0 Å². The van der Waals surface area contributed by atoms with Crippen LogP contribution in [0.3, 0.4) is 0 Å². The maximum atomic E-state index is 5.46. The number of imidazole rings is 1. The van der Waals surface area contributed by atoms with Crippen LogP contribution in [-0.2, 0) is 0 Å². The number of benzene rings is 2. The van der Waals surface area contributed by atoms with Gasteiger partial charge in [0.2, 0.25) is 0 Å². The van der Waals surface area contributed by atoms with E-state index < -0.39 is 0 Å². The van der Waals surface area contributed by atoms with Crippen molar-refractivity contribution in [3.05, 3.63) is 57.9 Å². The van der Waals surface area contributed by atoms with Gasteiger partial charge >= 0.3 is 0 Å². The van der Waals surface area contributed by atoms with Crippen LogP contribution in [-0.4, -0.2) is 9.55 Å². The lowest BCUT2D eigenvalue weighted by Crippen LogP contribution is -1.95. The van der Waals surface area contributed by atoms with Crippen molar-refractivity contribution in [2.24, 2.45) is 0 Å². The van der Waals surface area contributed by atoms with Gasteiger partial charge in [0.25, 0.3) is 0 Å². The number of rotatable bonds is 1. The third kappa shape index (κ3) is 2.00. The molecule has 2 aromatic carbocycles. The smallest absolute Gasteiger partial charge is 0.182 e. The van der Waals surface area contributed by atoms with Gasteiger partial charge in [0.15, 0.2) is 4.77 Å². The molecule has 3 heteroatoms. The molecule has 1 heterocycles. The summed E-state index contributed by atoms with van der Waals surface area (Å²) in [6, 6.07) is 12.8. The summed E-state index contributed by atoms with van der Waals surface area (Å²) in [5.41, 5.74) is 7.14. The van der Waals surface area contributed by atoms with Crippen molar-refractivity contribution in [1.29, 1.82) is 0 Å². The minimum atomic E-state index is 0.740. The normalized spacial score (nSPS) is 11.1. The third-order valence-corrected chi connectivity index (χ3v) is 3.87. The second-order valence-corrected chi connectivity index (χ2v) is 5.44. The number of nitrogens with one attached hydrogen (secondary N) is 1. The van der Waals surface area contributed by atoms with E-state index in [-0.39, 0.29) is 0 Å². The summed E-state index contributed by atoms with van der Waals surface area (Å²) in [4.78, 5) is 3.26. The average Bonchev–Trinajstić information content (AvgIpc) is 2.68. The van der Waals surface area contributed by atoms with Gasteiger partial charge in [-0.05, 0) is 73.9 Å². The Balaban J connectivity index is 2.35. The molecule has 19 heavy (non-hydrogen) atoms. The first-order chi connectivity index (χ1) is 9.06. The molecule has 0 fully saturated rings. The predicted octanol–water partition coefficient (Wildman–Crippen LogP) is 4.61. The number of aromatic nitrogens is 2. The molecule has 96 valence electrons. The number of hydrogen-bond acceptors (Lipinski definition) is 1. The van der Waals surface area contributed by atoms with Gasteiger partial charge in [-0.1, -0.05) is 12.1 Å². The molecule has 1 N–H and O–H groups in total. The van der Waals surface area contributed by atoms with E-state index in [1.807, 2.05) is 0 Å². The third-order valence-electron chi connectivity index (χ3n) is 3.59. The van der Waals surface area contributed by atoms with Gasteiger partial charge in [0.1, 0.15) is 0 Å². The second kappa shape index (κ2) is 4.35. The van der Waals surface area contributed by atoms with Crippen LogP contribution >= 0.6 is 12.2 Å². The van der Waals surface area contributed by atoms with E-state index >= 15 is 0 Å². The second-order valence-electron chi connectivity index (χ2n) is 5.05. The van der Waals surface area contributed by atoms with Gasteiger partial charge in [-0.3, -0.25) is 4.57 Å². The number of nitrogens with zero attached hydrogens (tertiary/aromatic N) is 1. The highest BCUT2D eigenvalue weighted by Crippen LogP contribution is 2.22. The Morgan fingerprint density at radius 2 is 1.74 bits per heavy atom. The molecule has 0 spiro atoms. The van der Waals surface area contributed by atoms with Crippen molar-refractivity contribution in [2.45, 2.75) is 20.8 Å². The molecule has 3 rings (SSSR count). The van der Waals surface area contributed by atoms with Crippen LogP contribution in [0.1, 0.15) is 16.7 Å². The fourth-order valence-corrected chi connectivity index (χ4v) is 2.65. The first kappa shape index (κ1) is 12.2. The van der Waals surface area contributed by atoms with E-state index in [0.717, 1.165) is 21.5 Å². The molecule has 0 bridgehead atoms. The molecule has 0 aliphatic heterocycles. The van der Waals surface area contributed by atoms with E-state index in [1.54, 1.807) is 0 Å². The van der Waals surface area contributed by atoms with Gasteiger partial charge in [-0.2, -0.15) is 0 Å². The number of aryl methyl sites for hydroxylation is 3. The lowest BCUT2D eigenvalue weighted by Gasteiger charge is -2.08. The largest absolute Gasteiger partial charge is 0.330 e. The number of H-pyrrole nitrogens is 1. The summed E-state index contributed by atoms with van der Waals surface area (Å²) in [6.07, 6.45) is 0. The van der Waals surface area contributed by atoms with E-state index in [2.05, 4.69) is 66.7 Å². The van der Waals surface area contributed by atoms with Gasteiger partial charge in [-0.15, -0.1) is 0 Å². The maximum absolute atomic E-state index is 5.46. The standard InChI is InChI=1S/C16H16N2S/c1-10-4-7-14-15(8-10)18(16(19)17-14)13-6-5-11(2)12(3)9-13/h4-9H,1-3H3,(H,17,19). The molecule has 1 aromatic heterocycles.